The first kappa shape index (κ1) is 12.6. The summed E-state index contributed by atoms with van der Waals surface area (Å²) in [5.41, 5.74) is 8.96. The highest BCUT2D eigenvalue weighted by molar-refractivity contribution is 5.85. The maximum Gasteiger partial charge on any atom is 0.321 e. The number of fused-ring (bicyclic) bond motifs is 1. The van der Waals surface area contributed by atoms with Crippen molar-refractivity contribution in [3.63, 3.8) is 0 Å². The average Bonchev–Trinajstić information content (AvgIpc) is 2.73. The van der Waals surface area contributed by atoms with Gasteiger partial charge in [0.05, 0.1) is 0 Å². The fourth-order valence-corrected chi connectivity index (χ4v) is 2.41. The molecule has 0 saturated carbocycles. The van der Waals surface area contributed by atoms with Crippen molar-refractivity contribution in [1.82, 2.24) is 4.98 Å². The van der Waals surface area contributed by atoms with Crippen molar-refractivity contribution in [3.8, 4) is 0 Å². The van der Waals surface area contributed by atoms with Gasteiger partial charge in [0.2, 0.25) is 0 Å². The van der Waals surface area contributed by atoms with Crippen LogP contribution < -0.4 is 5.73 Å². The second-order valence-electron chi connectivity index (χ2n) is 4.67. The van der Waals surface area contributed by atoms with Gasteiger partial charge in [-0.05, 0) is 30.5 Å². The molecule has 0 radical (unpaired) electrons. The summed E-state index contributed by atoms with van der Waals surface area (Å²) in [5.74, 6) is -1.12. The molecule has 96 valence electrons. The molecule has 18 heavy (non-hydrogen) atoms. The van der Waals surface area contributed by atoms with Crippen LogP contribution >= 0.6 is 0 Å². The lowest BCUT2D eigenvalue weighted by molar-refractivity contribution is -0.139. The monoisotopic (exact) mass is 246 g/mol. The molecule has 0 aliphatic heterocycles. The van der Waals surface area contributed by atoms with Crippen LogP contribution in [0.2, 0.25) is 0 Å². The molecule has 2 aromatic rings. The number of carboxylic acids is 1. The van der Waals surface area contributed by atoms with Crippen LogP contribution in [0.4, 0.5) is 0 Å². The van der Waals surface area contributed by atoms with Gasteiger partial charge in [0.15, 0.2) is 0 Å². The number of H-pyrrole nitrogens is 1. The predicted octanol–water partition coefficient (Wildman–Crippen LogP) is 2.38. The van der Waals surface area contributed by atoms with E-state index in [2.05, 4.69) is 11.1 Å². The number of rotatable bonds is 4. The van der Waals surface area contributed by atoms with Crippen LogP contribution in [0, 0.1) is 6.92 Å². The topological polar surface area (TPSA) is 79.1 Å². The van der Waals surface area contributed by atoms with E-state index in [-0.39, 0.29) is 5.92 Å². The fraction of sp³-hybridized carbons (Fsp3) is 0.357. The minimum absolute atomic E-state index is 0.168. The van der Waals surface area contributed by atoms with Crippen LogP contribution in [0.25, 0.3) is 10.9 Å². The summed E-state index contributed by atoms with van der Waals surface area (Å²) in [6, 6.07) is 5.24. The summed E-state index contributed by atoms with van der Waals surface area (Å²) in [7, 11) is 0. The van der Waals surface area contributed by atoms with Crippen LogP contribution in [0.3, 0.4) is 0 Å². The summed E-state index contributed by atoms with van der Waals surface area (Å²) in [6.45, 7) is 3.99. The van der Waals surface area contributed by atoms with Gasteiger partial charge in [-0.25, -0.2) is 0 Å². The number of aromatic amines is 1. The second kappa shape index (κ2) is 4.82. The number of carboxylic acid groups (broad SMARTS) is 1. The van der Waals surface area contributed by atoms with Gasteiger partial charge in [-0.2, -0.15) is 0 Å². The fourth-order valence-electron chi connectivity index (χ4n) is 2.41. The molecule has 4 nitrogen and oxygen atoms in total. The van der Waals surface area contributed by atoms with Crippen LogP contribution in [0.1, 0.15) is 30.4 Å². The van der Waals surface area contributed by atoms with E-state index < -0.39 is 12.0 Å². The number of nitrogens with one attached hydrogen (secondary N) is 1. The molecule has 0 aliphatic carbocycles. The molecule has 0 saturated heterocycles. The molecule has 2 atom stereocenters. The van der Waals surface area contributed by atoms with E-state index in [0.29, 0.717) is 6.42 Å². The minimum atomic E-state index is -0.955. The van der Waals surface area contributed by atoms with Gasteiger partial charge in [-0.15, -0.1) is 0 Å². The molecular weight excluding hydrogens is 228 g/mol. The summed E-state index contributed by atoms with van der Waals surface area (Å²) in [6.07, 6.45) is 2.58. The predicted molar refractivity (Wildman–Crippen MR) is 71.7 cm³/mol. The summed E-state index contributed by atoms with van der Waals surface area (Å²) >= 11 is 0. The van der Waals surface area contributed by atoms with Crippen LogP contribution in [-0.4, -0.2) is 22.1 Å². The number of aryl methyl sites for hydroxylation is 1. The Labute approximate surface area is 106 Å². The second-order valence-corrected chi connectivity index (χ2v) is 4.67. The molecule has 1 heterocycles. The van der Waals surface area contributed by atoms with E-state index in [1.165, 1.54) is 5.56 Å². The molecule has 4 N–H and O–H groups in total. The SMILES string of the molecule is CC[C@@H](c1c[nH]c2cc(C)ccc12)[C@H](N)C(=O)O. The van der Waals surface area contributed by atoms with Gasteiger partial charge in [-0.3, -0.25) is 4.79 Å². The molecule has 0 spiro atoms. The molecule has 4 heteroatoms. The summed E-state index contributed by atoms with van der Waals surface area (Å²) in [4.78, 5) is 14.2. The van der Waals surface area contributed by atoms with Crippen molar-refractivity contribution >= 4 is 16.9 Å². The minimum Gasteiger partial charge on any atom is -0.480 e. The highest BCUT2D eigenvalue weighted by Gasteiger charge is 2.26. The van der Waals surface area contributed by atoms with E-state index in [1.807, 2.05) is 32.2 Å². The highest BCUT2D eigenvalue weighted by atomic mass is 16.4. The van der Waals surface area contributed by atoms with E-state index in [0.717, 1.165) is 16.5 Å². The summed E-state index contributed by atoms with van der Waals surface area (Å²) in [5, 5.41) is 10.1. The number of aliphatic carboxylic acids is 1. The number of hydrogen-bond donors (Lipinski definition) is 3. The first-order valence-corrected chi connectivity index (χ1v) is 6.10. The number of benzene rings is 1. The maximum absolute atomic E-state index is 11.0. The third-order valence-electron chi connectivity index (χ3n) is 3.43. The van der Waals surface area contributed by atoms with Gasteiger partial charge in [-0.1, -0.05) is 19.1 Å². The lowest BCUT2D eigenvalue weighted by Crippen LogP contribution is -2.36. The Hall–Kier alpha value is -1.81. The van der Waals surface area contributed by atoms with Crippen molar-refractivity contribution in [3.05, 3.63) is 35.5 Å². The third kappa shape index (κ3) is 2.11. The van der Waals surface area contributed by atoms with Crippen LogP contribution in [0.5, 0.6) is 0 Å². The number of aromatic nitrogens is 1. The Bertz CT molecular complexity index is 574. The largest absolute Gasteiger partial charge is 0.480 e. The van der Waals surface area contributed by atoms with Crippen molar-refractivity contribution in [2.75, 3.05) is 0 Å². The zero-order valence-corrected chi connectivity index (χ0v) is 10.6. The Kier molecular flexibility index (Phi) is 3.39. The van der Waals surface area contributed by atoms with Crippen molar-refractivity contribution < 1.29 is 9.90 Å². The van der Waals surface area contributed by atoms with Crippen LogP contribution in [-0.2, 0) is 4.79 Å². The van der Waals surface area contributed by atoms with E-state index in [4.69, 9.17) is 10.8 Å². The van der Waals surface area contributed by atoms with Gasteiger partial charge >= 0.3 is 5.97 Å². The lowest BCUT2D eigenvalue weighted by atomic mass is 9.89. The molecule has 0 fully saturated rings. The van der Waals surface area contributed by atoms with Crippen molar-refractivity contribution in [2.45, 2.75) is 32.2 Å². The van der Waals surface area contributed by atoms with Gasteiger partial charge in [0, 0.05) is 23.0 Å². The van der Waals surface area contributed by atoms with Gasteiger partial charge in [0.25, 0.3) is 0 Å². The molecule has 0 aliphatic rings. The molecule has 0 bridgehead atoms. The van der Waals surface area contributed by atoms with E-state index >= 15 is 0 Å². The Morgan fingerprint density at radius 2 is 2.22 bits per heavy atom. The van der Waals surface area contributed by atoms with E-state index in [9.17, 15) is 4.79 Å². The highest BCUT2D eigenvalue weighted by Crippen LogP contribution is 2.30. The van der Waals surface area contributed by atoms with Crippen LogP contribution in [0.15, 0.2) is 24.4 Å². The smallest absolute Gasteiger partial charge is 0.321 e. The molecule has 1 aromatic carbocycles. The number of hydrogen-bond acceptors (Lipinski definition) is 2. The zero-order chi connectivity index (χ0) is 13.3. The Morgan fingerprint density at radius 3 is 2.83 bits per heavy atom. The molecule has 0 amide bonds. The number of carbonyl (C=O) groups is 1. The Morgan fingerprint density at radius 1 is 1.50 bits per heavy atom. The quantitative estimate of drug-likeness (QED) is 0.775. The first-order chi connectivity index (χ1) is 8.54. The molecule has 0 unspecified atom stereocenters. The van der Waals surface area contributed by atoms with Gasteiger partial charge < -0.3 is 15.8 Å². The number of nitrogens with two attached hydrogens (primary N) is 1. The average molecular weight is 246 g/mol. The van der Waals surface area contributed by atoms with Crippen molar-refractivity contribution in [2.24, 2.45) is 5.73 Å². The standard InChI is InChI=1S/C14H18N2O2/c1-3-9(13(15)14(17)18)11-7-16-12-6-8(2)4-5-10(11)12/h4-7,9,13,16H,3,15H2,1-2H3,(H,17,18)/t9-,13-/m0/s1. The van der Waals surface area contributed by atoms with E-state index in [1.54, 1.807) is 0 Å². The molecule has 2 rings (SSSR count). The van der Waals surface area contributed by atoms with Gasteiger partial charge in [0.1, 0.15) is 6.04 Å². The lowest BCUT2D eigenvalue weighted by Gasteiger charge is -2.18. The maximum atomic E-state index is 11.0. The summed E-state index contributed by atoms with van der Waals surface area (Å²) < 4.78 is 0. The molecule has 1 aromatic heterocycles. The normalized spacial score (nSPS) is 14.6. The van der Waals surface area contributed by atoms with Crippen molar-refractivity contribution in [1.29, 1.82) is 0 Å². The first-order valence-electron chi connectivity index (χ1n) is 6.10. The molecular formula is C14H18N2O2. The zero-order valence-electron chi connectivity index (χ0n) is 10.6. The Balaban J connectivity index is 2.49. The third-order valence-corrected chi connectivity index (χ3v) is 3.43.